The van der Waals surface area contributed by atoms with Gasteiger partial charge in [-0.25, -0.2) is 9.59 Å². The number of nitrogens with zero attached hydrogens (tertiary/aromatic N) is 1. The van der Waals surface area contributed by atoms with E-state index in [0.717, 1.165) is 5.56 Å². The molecule has 2 aromatic carbocycles. The van der Waals surface area contributed by atoms with Gasteiger partial charge in [0.15, 0.2) is 11.5 Å². The minimum Gasteiger partial charge on any atom is -0.493 e. The van der Waals surface area contributed by atoms with Gasteiger partial charge in [-0.1, -0.05) is 29.8 Å². The molecule has 0 N–H and O–H groups in total. The highest BCUT2D eigenvalue weighted by Gasteiger charge is 2.36. The van der Waals surface area contributed by atoms with Gasteiger partial charge in [0.1, 0.15) is 0 Å². The van der Waals surface area contributed by atoms with Gasteiger partial charge >= 0.3 is 11.9 Å². The molecule has 0 bridgehead atoms. The van der Waals surface area contributed by atoms with Crippen molar-refractivity contribution in [1.82, 2.24) is 4.90 Å². The van der Waals surface area contributed by atoms with E-state index < -0.39 is 17.9 Å². The summed E-state index contributed by atoms with van der Waals surface area (Å²) in [5.74, 6) is -0.722. The molecule has 0 radical (unpaired) electrons. The molecule has 180 valence electrons. The average molecular weight is 486 g/mol. The van der Waals surface area contributed by atoms with Crippen LogP contribution in [0, 0.1) is 0 Å². The van der Waals surface area contributed by atoms with Crippen molar-refractivity contribution in [2.24, 2.45) is 0 Å². The van der Waals surface area contributed by atoms with Gasteiger partial charge < -0.3 is 23.8 Å². The highest BCUT2D eigenvalue weighted by Crippen LogP contribution is 2.40. The van der Waals surface area contributed by atoms with Crippen molar-refractivity contribution in [3.05, 3.63) is 82.2 Å². The van der Waals surface area contributed by atoms with E-state index in [-0.39, 0.29) is 13.2 Å². The molecule has 0 unspecified atom stereocenters. The Labute approximate surface area is 204 Å². The summed E-state index contributed by atoms with van der Waals surface area (Å²) in [6, 6.07) is 12.6. The zero-order chi connectivity index (χ0) is 24.7. The summed E-state index contributed by atoms with van der Waals surface area (Å²) in [5.41, 5.74) is 2.25. The summed E-state index contributed by atoms with van der Waals surface area (Å²) >= 11 is 6.01. The third kappa shape index (κ3) is 5.72. The number of carbonyl (C=O) groups is 2. The Morgan fingerprint density at radius 1 is 0.853 bits per heavy atom. The van der Waals surface area contributed by atoms with E-state index in [1.54, 1.807) is 68.6 Å². The lowest BCUT2D eigenvalue weighted by Gasteiger charge is -2.30. The monoisotopic (exact) mass is 485 g/mol. The molecule has 1 aliphatic rings. The summed E-state index contributed by atoms with van der Waals surface area (Å²) in [6.07, 6.45) is 3.41. The number of rotatable bonds is 9. The Morgan fingerprint density at radius 3 is 1.91 bits per heavy atom. The van der Waals surface area contributed by atoms with Crippen molar-refractivity contribution in [3.63, 3.8) is 0 Å². The molecule has 0 aromatic heterocycles. The van der Waals surface area contributed by atoms with Gasteiger partial charge in [0, 0.05) is 24.0 Å². The van der Waals surface area contributed by atoms with Crippen molar-refractivity contribution in [2.45, 2.75) is 26.3 Å². The number of methoxy groups -OCH3 is 2. The molecular weight excluding hydrogens is 458 g/mol. The third-order valence-corrected chi connectivity index (χ3v) is 5.53. The van der Waals surface area contributed by atoms with Crippen LogP contribution in [0.2, 0.25) is 5.02 Å². The van der Waals surface area contributed by atoms with Crippen LogP contribution in [0.15, 0.2) is 66.0 Å². The maximum absolute atomic E-state index is 13.1. The maximum atomic E-state index is 13.1. The number of ether oxygens (including phenoxy) is 4. The average Bonchev–Trinajstić information content (AvgIpc) is 2.84. The van der Waals surface area contributed by atoms with Gasteiger partial charge in [-0.2, -0.15) is 0 Å². The normalized spacial score (nSPS) is 13.6. The fourth-order valence-corrected chi connectivity index (χ4v) is 3.89. The minimum absolute atomic E-state index is 0.199. The zero-order valence-corrected chi connectivity index (χ0v) is 20.4. The van der Waals surface area contributed by atoms with Gasteiger partial charge in [0.05, 0.1) is 44.5 Å². The molecule has 34 heavy (non-hydrogen) atoms. The topological polar surface area (TPSA) is 74.3 Å². The Morgan fingerprint density at radius 2 is 1.41 bits per heavy atom. The quantitative estimate of drug-likeness (QED) is 0.470. The second-order valence-electron chi connectivity index (χ2n) is 7.46. The van der Waals surface area contributed by atoms with Crippen LogP contribution in [-0.4, -0.2) is 44.3 Å². The summed E-state index contributed by atoms with van der Waals surface area (Å²) < 4.78 is 21.5. The van der Waals surface area contributed by atoms with Gasteiger partial charge in [0.2, 0.25) is 0 Å². The highest BCUT2D eigenvalue weighted by molar-refractivity contribution is 6.30. The minimum atomic E-state index is -0.709. The Kier molecular flexibility index (Phi) is 8.60. The predicted octanol–water partition coefficient (Wildman–Crippen LogP) is 4.85. The second kappa shape index (κ2) is 11.6. The van der Waals surface area contributed by atoms with Crippen molar-refractivity contribution >= 4 is 23.5 Å². The lowest BCUT2D eigenvalue weighted by atomic mass is 9.83. The molecule has 7 nitrogen and oxygen atoms in total. The van der Waals surface area contributed by atoms with Crippen LogP contribution in [0.1, 0.15) is 30.9 Å². The van der Waals surface area contributed by atoms with E-state index in [4.69, 9.17) is 30.5 Å². The molecule has 0 aliphatic carbocycles. The first kappa shape index (κ1) is 25.2. The largest absolute Gasteiger partial charge is 0.493 e. The molecule has 0 saturated heterocycles. The lowest BCUT2D eigenvalue weighted by molar-refractivity contribution is -0.139. The maximum Gasteiger partial charge on any atom is 0.336 e. The van der Waals surface area contributed by atoms with E-state index in [2.05, 4.69) is 0 Å². The SMILES string of the molecule is CCOC(=O)C1=CN(Cc2ccc(Cl)cc2)C=C(C(=O)OCC)C1c1ccc(OC)c(OC)c1. The predicted molar refractivity (Wildman–Crippen MR) is 129 cm³/mol. The van der Waals surface area contributed by atoms with Crippen molar-refractivity contribution in [3.8, 4) is 11.5 Å². The smallest absolute Gasteiger partial charge is 0.336 e. The zero-order valence-electron chi connectivity index (χ0n) is 19.7. The summed E-state index contributed by atoms with van der Waals surface area (Å²) in [6.45, 7) is 4.29. The van der Waals surface area contributed by atoms with Gasteiger partial charge in [-0.3, -0.25) is 0 Å². The molecule has 1 heterocycles. The first-order chi connectivity index (χ1) is 16.4. The Hall–Kier alpha value is -3.45. The van der Waals surface area contributed by atoms with Gasteiger partial charge in [-0.05, 0) is 49.2 Å². The van der Waals surface area contributed by atoms with Gasteiger partial charge in [0.25, 0.3) is 0 Å². The Bertz CT molecular complexity index is 1060. The van der Waals surface area contributed by atoms with Crippen molar-refractivity contribution < 1.29 is 28.5 Å². The molecule has 1 aliphatic heterocycles. The first-order valence-corrected chi connectivity index (χ1v) is 11.3. The molecule has 0 amide bonds. The molecular formula is C26H28ClNO6. The van der Waals surface area contributed by atoms with E-state index >= 15 is 0 Å². The van der Waals surface area contributed by atoms with Crippen LogP contribution in [0.3, 0.4) is 0 Å². The molecule has 0 fully saturated rings. The molecule has 0 spiro atoms. The number of esters is 2. The first-order valence-electron chi connectivity index (χ1n) is 10.9. The Balaban J connectivity index is 2.11. The number of carbonyl (C=O) groups excluding carboxylic acids is 2. The van der Waals surface area contributed by atoms with Crippen LogP contribution >= 0.6 is 11.6 Å². The third-order valence-electron chi connectivity index (χ3n) is 5.27. The number of hydrogen-bond donors (Lipinski definition) is 0. The van der Waals surface area contributed by atoms with E-state index in [0.29, 0.717) is 39.8 Å². The van der Waals surface area contributed by atoms with E-state index in [9.17, 15) is 9.59 Å². The van der Waals surface area contributed by atoms with Crippen molar-refractivity contribution in [1.29, 1.82) is 0 Å². The molecule has 2 aromatic rings. The molecule has 0 saturated carbocycles. The summed E-state index contributed by atoms with van der Waals surface area (Å²) in [4.78, 5) is 27.9. The number of benzene rings is 2. The number of hydrogen-bond acceptors (Lipinski definition) is 7. The fourth-order valence-electron chi connectivity index (χ4n) is 3.76. The summed E-state index contributed by atoms with van der Waals surface area (Å²) in [5, 5.41) is 0.626. The van der Waals surface area contributed by atoms with Crippen LogP contribution in [0.4, 0.5) is 0 Å². The van der Waals surface area contributed by atoms with Crippen LogP contribution in [0.5, 0.6) is 11.5 Å². The lowest BCUT2D eigenvalue weighted by Crippen LogP contribution is -2.29. The number of halogens is 1. The second-order valence-corrected chi connectivity index (χ2v) is 7.89. The van der Waals surface area contributed by atoms with Crippen LogP contribution in [0.25, 0.3) is 0 Å². The molecule has 8 heteroatoms. The molecule has 0 atom stereocenters. The van der Waals surface area contributed by atoms with Crippen LogP contribution < -0.4 is 9.47 Å². The molecule has 3 rings (SSSR count). The standard InChI is InChI=1S/C26H28ClNO6/c1-5-33-25(29)20-15-28(14-17-7-10-19(27)11-8-17)16-21(26(30)34-6-2)24(20)18-9-12-22(31-3)23(13-18)32-4/h7-13,15-16,24H,5-6,14H2,1-4H3. The van der Waals surface area contributed by atoms with E-state index in [1.165, 1.54) is 7.11 Å². The van der Waals surface area contributed by atoms with E-state index in [1.807, 2.05) is 12.1 Å². The summed E-state index contributed by atoms with van der Waals surface area (Å²) in [7, 11) is 3.07. The highest BCUT2D eigenvalue weighted by atomic mass is 35.5. The van der Waals surface area contributed by atoms with Crippen molar-refractivity contribution in [2.75, 3.05) is 27.4 Å². The fraction of sp³-hybridized carbons (Fsp3) is 0.308. The van der Waals surface area contributed by atoms with Crippen LogP contribution in [-0.2, 0) is 25.6 Å². The van der Waals surface area contributed by atoms with Gasteiger partial charge in [-0.15, -0.1) is 0 Å².